The molecule has 0 radical (unpaired) electrons. The Morgan fingerprint density at radius 2 is 1.00 bits per heavy atom. The van der Waals surface area contributed by atoms with Crippen molar-refractivity contribution in [3.63, 3.8) is 0 Å². The summed E-state index contributed by atoms with van der Waals surface area (Å²) in [6.45, 7) is 7.76. The molecule has 31 heavy (non-hydrogen) atoms. The van der Waals surface area contributed by atoms with Gasteiger partial charge in [-0.2, -0.15) is 0 Å². The SMILES string of the molecule is CCC[CH2][Sn+2][CH2]CCC.Cc1ccccc1S(=O)(=O)[O-].Cc1ccccc1S(=O)(=O)[O-]. The molecular weight excluding hydrogens is 543 g/mol. The van der Waals surface area contributed by atoms with Gasteiger partial charge in [0, 0.05) is 0 Å². The van der Waals surface area contributed by atoms with Gasteiger partial charge in [0.1, 0.15) is 20.2 Å². The topological polar surface area (TPSA) is 114 Å². The van der Waals surface area contributed by atoms with Crippen molar-refractivity contribution < 1.29 is 25.9 Å². The van der Waals surface area contributed by atoms with Crippen LogP contribution in [0, 0.1) is 13.8 Å². The minimum Gasteiger partial charge on any atom is -0.744 e. The Kier molecular flexibility index (Phi) is 15.3. The molecule has 172 valence electrons. The van der Waals surface area contributed by atoms with Crippen LogP contribution in [0.1, 0.15) is 50.7 Å². The molecular formula is C22H32O6S2Sn. The Bertz CT molecular complexity index is 894. The maximum atomic E-state index is 10.5. The van der Waals surface area contributed by atoms with Crippen molar-refractivity contribution in [3.8, 4) is 0 Å². The van der Waals surface area contributed by atoms with E-state index >= 15 is 0 Å². The van der Waals surface area contributed by atoms with Gasteiger partial charge >= 0.3 is 69.5 Å². The minimum atomic E-state index is -4.28. The molecule has 0 saturated carbocycles. The number of benzene rings is 2. The van der Waals surface area contributed by atoms with Crippen molar-refractivity contribution in [1.82, 2.24) is 0 Å². The third kappa shape index (κ3) is 13.9. The normalized spacial score (nSPS) is 10.8. The second kappa shape index (κ2) is 15.8. The molecule has 2 aromatic rings. The van der Waals surface area contributed by atoms with E-state index in [1.54, 1.807) is 47.0 Å². The number of aryl methyl sites for hydroxylation is 2. The van der Waals surface area contributed by atoms with Crippen molar-refractivity contribution in [2.75, 3.05) is 0 Å². The monoisotopic (exact) mass is 576 g/mol. The summed E-state index contributed by atoms with van der Waals surface area (Å²) in [6.07, 6.45) is 5.84. The quantitative estimate of drug-likeness (QED) is 0.251. The fraction of sp³-hybridized carbons (Fsp3) is 0.455. The van der Waals surface area contributed by atoms with Crippen LogP contribution in [0.25, 0.3) is 0 Å². The van der Waals surface area contributed by atoms with E-state index in [1.165, 1.54) is 49.9 Å². The van der Waals surface area contributed by atoms with Gasteiger partial charge < -0.3 is 9.11 Å². The molecule has 0 aliphatic carbocycles. The Balaban J connectivity index is 0.000000439. The molecule has 0 spiro atoms. The molecule has 0 fully saturated rings. The maximum Gasteiger partial charge on any atom is 0.124 e. The van der Waals surface area contributed by atoms with Crippen LogP contribution in [-0.4, -0.2) is 47.1 Å². The Morgan fingerprint density at radius 3 is 1.23 bits per heavy atom. The zero-order valence-electron chi connectivity index (χ0n) is 18.6. The van der Waals surface area contributed by atoms with Crippen molar-refractivity contribution in [2.24, 2.45) is 0 Å². The minimum absolute atomic E-state index is 0.139. The van der Waals surface area contributed by atoms with Crippen molar-refractivity contribution in [1.29, 1.82) is 0 Å². The zero-order chi connectivity index (χ0) is 23.9. The van der Waals surface area contributed by atoms with Gasteiger partial charge in [-0.1, -0.05) is 36.4 Å². The largest absolute Gasteiger partial charge is 0.744 e. The molecule has 0 unspecified atom stereocenters. The molecule has 0 saturated heterocycles. The number of rotatable bonds is 8. The Hall–Kier alpha value is -0.941. The molecule has 0 atom stereocenters. The molecule has 0 N–H and O–H groups in total. The molecule has 0 heterocycles. The first-order valence-corrected chi connectivity index (χ1v) is 17.0. The number of hydrogen-bond acceptors (Lipinski definition) is 6. The predicted molar refractivity (Wildman–Crippen MR) is 123 cm³/mol. The summed E-state index contributed by atoms with van der Waals surface area (Å²) in [5, 5.41) is 0. The Labute approximate surface area is 198 Å². The maximum absolute atomic E-state index is 10.5. The van der Waals surface area contributed by atoms with Crippen molar-refractivity contribution >= 4 is 41.4 Å². The van der Waals surface area contributed by atoms with Crippen molar-refractivity contribution in [2.45, 2.75) is 72.0 Å². The summed E-state index contributed by atoms with van der Waals surface area (Å²) in [7, 11) is -8.57. The molecule has 0 aromatic heterocycles. The van der Waals surface area contributed by atoms with Gasteiger partial charge in [0.15, 0.2) is 0 Å². The van der Waals surface area contributed by atoms with Crippen LogP contribution in [0.2, 0.25) is 8.87 Å². The summed E-state index contributed by atoms with van der Waals surface area (Å²) in [5.41, 5.74) is 0.977. The first-order valence-electron chi connectivity index (χ1n) is 10.2. The molecule has 9 heteroatoms. The van der Waals surface area contributed by atoms with E-state index < -0.39 is 20.2 Å². The van der Waals surface area contributed by atoms with E-state index in [0.29, 0.717) is 11.1 Å². The molecule has 0 amide bonds. The average molecular weight is 575 g/mol. The van der Waals surface area contributed by atoms with Gasteiger partial charge in [-0.05, 0) is 37.1 Å². The first kappa shape index (κ1) is 30.1. The van der Waals surface area contributed by atoms with Crippen LogP contribution >= 0.6 is 0 Å². The smallest absolute Gasteiger partial charge is 0.124 e. The van der Waals surface area contributed by atoms with Crippen LogP contribution in [0.15, 0.2) is 58.3 Å². The van der Waals surface area contributed by atoms with E-state index in [2.05, 4.69) is 13.8 Å². The molecule has 0 aliphatic rings. The predicted octanol–water partition coefficient (Wildman–Crippen LogP) is 4.93. The van der Waals surface area contributed by atoms with Crippen LogP contribution in [0.4, 0.5) is 0 Å². The van der Waals surface area contributed by atoms with Gasteiger partial charge in [-0.25, -0.2) is 16.8 Å². The van der Waals surface area contributed by atoms with Gasteiger partial charge in [0.05, 0.1) is 9.79 Å². The summed E-state index contributed by atoms with van der Waals surface area (Å²) in [4.78, 5) is -0.278. The molecule has 2 rings (SSSR count). The van der Waals surface area contributed by atoms with E-state index in [4.69, 9.17) is 0 Å². The summed E-state index contributed by atoms with van der Waals surface area (Å²) in [6, 6.07) is 12.2. The summed E-state index contributed by atoms with van der Waals surface area (Å²) >= 11 is 0.149. The average Bonchev–Trinajstić information content (AvgIpc) is 2.68. The van der Waals surface area contributed by atoms with Crippen LogP contribution in [0.3, 0.4) is 0 Å². The fourth-order valence-electron chi connectivity index (χ4n) is 2.40. The van der Waals surface area contributed by atoms with E-state index in [1.807, 2.05) is 0 Å². The van der Waals surface area contributed by atoms with Crippen molar-refractivity contribution in [3.05, 3.63) is 59.7 Å². The number of hydrogen-bond donors (Lipinski definition) is 0. The second-order valence-corrected chi connectivity index (χ2v) is 13.9. The summed E-state index contributed by atoms with van der Waals surface area (Å²) < 4.78 is 66.2. The second-order valence-electron chi connectivity index (χ2n) is 6.90. The first-order chi connectivity index (χ1) is 14.4. The standard InChI is InChI=1S/2C7H8O3S.2C4H9.Sn/c2*1-6-4-2-3-5-7(6)11(8,9)10;2*1-3-4-2;/h2*2-5H,1H3,(H,8,9,10);2*1,3-4H2,2H3;/q;;;;+2/p-2. The van der Waals surface area contributed by atoms with Gasteiger partial charge in [-0.3, -0.25) is 0 Å². The van der Waals surface area contributed by atoms with Crippen LogP contribution < -0.4 is 0 Å². The Morgan fingerprint density at radius 1 is 0.677 bits per heavy atom. The molecule has 2 aromatic carbocycles. The van der Waals surface area contributed by atoms with Crippen LogP contribution in [-0.2, 0) is 20.2 Å². The fourth-order valence-corrected chi connectivity index (χ4v) is 7.98. The molecule has 6 nitrogen and oxygen atoms in total. The number of unbranched alkanes of at least 4 members (excludes halogenated alkanes) is 2. The van der Waals surface area contributed by atoms with E-state index in [0.717, 1.165) is 0 Å². The van der Waals surface area contributed by atoms with E-state index in [-0.39, 0.29) is 30.9 Å². The van der Waals surface area contributed by atoms with Gasteiger partial charge in [-0.15, -0.1) is 0 Å². The van der Waals surface area contributed by atoms with Crippen LogP contribution in [0.5, 0.6) is 0 Å². The zero-order valence-corrected chi connectivity index (χ0v) is 23.1. The third-order valence-corrected chi connectivity index (χ3v) is 10.2. The third-order valence-electron chi connectivity index (χ3n) is 4.14. The molecule has 0 aliphatic heterocycles. The van der Waals surface area contributed by atoms with Gasteiger partial charge in [0.2, 0.25) is 0 Å². The van der Waals surface area contributed by atoms with E-state index in [9.17, 15) is 25.9 Å². The molecule has 0 bridgehead atoms. The summed E-state index contributed by atoms with van der Waals surface area (Å²) in [5.74, 6) is 0. The van der Waals surface area contributed by atoms with Gasteiger partial charge in [0.25, 0.3) is 0 Å².